The van der Waals surface area contributed by atoms with Gasteiger partial charge in [0.1, 0.15) is 9.84 Å². The number of aliphatic hydroxyl groups excluding tert-OH is 1. The molecule has 2 aliphatic rings. The SMILES string of the molecule is O=S1(=O)CCC(S(=O)(=O)N2CCC(OCCO)CC2)CC1. The molecular weight excluding hydrogens is 318 g/mol. The predicted octanol–water partition coefficient (Wildman–Crippen LogP) is -0.633. The third-order valence-electron chi connectivity index (χ3n) is 4.13. The number of hydrogen-bond acceptors (Lipinski definition) is 6. The number of hydrogen-bond donors (Lipinski definition) is 1. The van der Waals surface area contributed by atoms with Gasteiger partial charge in [-0.1, -0.05) is 0 Å². The molecule has 21 heavy (non-hydrogen) atoms. The molecule has 0 atom stereocenters. The van der Waals surface area contributed by atoms with Gasteiger partial charge in [0.25, 0.3) is 0 Å². The van der Waals surface area contributed by atoms with E-state index in [2.05, 4.69) is 0 Å². The molecule has 2 heterocycles. The lowest BCUT2D eigenvalue weighted by Gasteiger charge is -2.34. The summed E-state index contributed by atoms with van der Waals surface area (Å²) in [6.45, 7) is 1.05. The molecule has 2 saturated heterocycles. The Morgan fingerprint density at radius 2 is 1.67 bits per heavy atom. The van der Waals surface area contributed by atoms with Crippen molar-refractivity contribution in [2.24, 2.45) is 0 Å². The molecule has 9 heteroatoms. The van der Waals surface area contributed by atoms with Gasteiger partial charge < -0.3 is 9.84 Å². The zero-order valence-corrected chi connectivity index (χ0v) is 13.6. The van der Waals surface area contributed by atoms with E-state index in [1.807, 2.05) is 0 Å². The van der Waals surface area contributed by atoms with Crippen molar-refractivity contribution in [1.82, 2.24) is 4.31 Å². The minimum Gasteiger partial charge on any atom is -0.394 e. The molecule has 2 rings (SSSR count). The second kappa shape index (κ2) is 6.91. The van der Waals surface area contributed by atoms with Crippen molar-refractivity contribution >= 4 is 19.9 Å². The van der Waals surface area contributed by atoms with Gasteiger partial charge in [-0.3, -0.25) is 0 Å². The highest BCUT2D eigenvalue weighted by molar-refractivity contribution is 7.92. The maximum absolute atomic E-state index is 12.5. The number of piperidine rings is 1. The molecule has 0 saturated carbocycles. The molecule has 124 valence electrons. The maximum Gasteiger partial charge on any atom is 0.217 e. The quantitative estimate of drug-likeness (QED) is 0.714. The zero-order chi connectivity index (χ0) is 15.5. The van der Waals surface area contributed by atoms with E-state index in [0.29, 0.717) is 25.9 Å². The van der Waals surface area contributed by atoms with Crippen molar-refractivity contribution < 1.29 is 26.7 Å². The summed E-state index contributed by atoms with van der Waals surface area (Å²) in [7, 11) is -6.47. The van der Waals surface area contributed by atoms with E-state index < -0.39 is 25.1 Å². The number of aliphatic hydroxyl groups is 1. The van der Waals surface area contributed by atoms with Crippen molar-refractivity contribution in [1.29, 1.82) is 0 Å². The zero-order valence-electron chi connectivity index (χ0n) is 12.0. The summed E-state index contributed by atoms with van der Waals surface area (Å²) >= 11 is 0. The largest absolute Gasteiger partial charge is 0.394 e. The van der Waals surface area contributed by atoms with Gasteiger partial charge in [0.15, 0.2) is 0 Å². The Morgan fingerprint density at radius 3 is 2.19 bits per heavy atom. The van der Waals surface area contributed by atoms with Crippen LogP contribution in [-0.4, -0.2) is 75.4 Å². The van der Waals surface area contributed by atoms with Crippen LogP contribution in [0.1, 0.15) is 25.7 Å². The first-order valence-corrected chi connectivity index (χ1v) is 10.6. The van der Waals surface area contributed by atoms with Gasteiger partial charge in [0, 0.05) is 13.1 Å². The molecule has 0 spiro atoms. The minimum atomic E-state index is -3.42. The van der Waals surface area contributed by atoms with Crippen molar-refractivity contribution in [2.45, 2.75) is 37.0 Å². The van der Waals surface area contributed by atoms with E-state index in [0.717, 1.165) is 0 Å². The molecule has 0 unspecified atom stereocenters. The second-order valence-electron chi connectivity index (χ2n) is 5.59. The molecule has 0 aromatic carbocycles. The average Bonchev–Trinajstić information content (AvgIpc) is 2.45. The van der Waals surface area contributed by atoms with Crippen LogP contribution in [0.15, 0.2) is 0 Å². The summed E-state index contributed by atoms with van der Waals surface area (Å²) in [6.07, 6.45) is 1.63. The molecule has 2 fully saturated rings. The van der Waals surface area contributed by atoms with Gasteiger partial charge in [-0.05, 0) is 25.7 Å². The van der Waals surface area contributed by atoms with Crippen molar-refractivity contribution in [2.75, 3.05) is 37.8 Å². The number of ether oxygens (including phenoxy) is 1. The molecule has 0 amide bonds. The molecule has 0 aliphatic carbocycles. The van der Waals surface area contributed by atoms with E-state index in [1.165, 1.54) is 4.31 Å². The minimum absolute atomic E-state index is 0.00432. The summed E-state index contributed by atoms with van der Waals surface area (Å²) in [4.78, 5) is 0. The van der Waals surface area contributed by atoms with Crippen molar-refractivity contribution in [3.63, 3.8) is 0 Å². The van der Waals surface area contributed by atoms with Crippen LogP contribution >= 0.6 is 0 Å². The van der Waals surface area contributed by atoms with Crippen LogP contribution in [0.5, 0.6) is 0 Å². The van der Waals surface area contributed by atoms with E-state index in [-0.39, 0.29) is 43.7 Å². The van der Waals surface area contributed by atoms with Crippen LogP contribution in [0.25, 0.3) is 0 Å². The molecule has 7 nitrogen and oxygen atoms in total. The molecule has 0 aromatic heterocycles. The lowest BCUT2D eigenvalue weighted by atomic mass is 10.1. The highest BCUT2D eigenvalue weighted by atomic mass is 32.2. The van der Waals surface area contributed by atoms with Crippen LogP contribution in [0.3, 0.4) is 0 Å². The first-order valence-electron chi connectivity index (χ1n) is 7.27. The summed E-state index contributed by atoms with van der Waals surface area (Å²) in [5.41, 5.74) is 0. The van der Waals surface area contributed by atoms with Gasteiger partial charge in [-0.15, -0.1) is 0 Å². The van der Waals surface area contributed by atoms with Crippen molar-refractivity contribution in [3.8, 4) is 0 Å². The monoisotopic (exact) mass is 341 g/mol. The van der Waals surface area contributed by atoms with Gasteiger partial charge in [0.05, 0.1) is 36.1 Å². The maximum atomic E-state index is 12.5. The Balaban J connectivity index is 1.90. The Hall–Kier alpha value is -0.220. The predicted molar refractivity (Wildman–Crippen MR) is 78.2 cm³/mol. The van der Waals surface area contributed by atoms with Crippen LogP contribution in [0.4, 0.5) is 0 Å². The third-order valence-corrected chi connectivity index (χ3v) is 8.24. The van der Waals surface area contributed by atoms with Gasteiger partial charge in [-0.2, -0.15) is 0 Å². The third kappa shape index (κ3) is 4.38. The van der Waals surface area contributed by atoms with Crippen LogP contribution in [0, 0.1) is 0 Å². The molecular formula is C12H23NO6S2. The smallest absolute Gasteiger partial charge is 0.217 e. The van der Waals surface area contributed by atoms with Crippen LogP contribution in [-0.2, 0) is 24.6 Å². The number of sulfone groups is 1. The Bertz CT molecular complexity index is 522. The number of nitrogens with zero attached hydrogens (tertiary/aromatic N) is 1. The Morgan fingerprint density at radius 1 is 1.10 bits per heavy atom. The van der Waals surface area contributed by atoms with E-state index in [1.54, 1.807) is 0 Å². The topological polar surface area (TPSA) is 101 Å². The molecule has 2 aliphatic heterocycles. The fourth-order valence-corrected chi connectivity index (χ4v) is 6.61. The van der Waals surface area contributed by atoms with Gasteiger partial charge in [-0.25, -0.2) is 21.1 Å². The van der Waals surface area contributed by atoms with E-state index in [4.69, 9.17) is 9.84 Å². The van der Waals surface area contributed by atoms with Crippen LogP contribution < -0.4 is 0 Å². The fraction of sp³-hybridized carbons (Fsp3) is 1.00. The van der Waals surface area contributed by atoms with Crippen LogP contribution in [0.2, 0.25) is 0 Å². The summed E-state index contributed by atoms with van der Waals surface area (Å²) < 4.78 is 54.7. The summed E-state index contributed by atoms with van der Waals surface area (Å²) in [5.74, 6) is -0.0695. The van der Waals surface area contributed by atoms with Crippen molar-refractivity contribution in [3.05, 3.63) is 0 Å². The van der Waals surface area contributed by atoms with E-state index in [9.17, 15) is 16.8 Å². The molecule has 0 bridgehead atoms. The summed E-state index contributed by atoms with van der Waals surface area (Å²) in [6, 6.07) is 0. The second-order valence-corrected chi connectivity index (χ2v) is 10.1. The normalized spacial score (nSPS) is 26.0. The standard InChI is InChI=1S/C12H23NO6S2/c14-7-8-19-11-1-5-13(6-2-11)21(17,18)12-3-9-20(15,16)10-4-12/h11-12,14H,1-10H2. The lowest BCUT2D eigenvalue weighted by Crippen LogP contribution is -2.47. The number of sulfonamides is 1. The number of rotatable bonds is 5. The summed E-state index contributed by atoms with van der Waals surface area (Å²) in [5, 5.41) is 8.14. The highest BCUT2D eigenvalue weighted by Gasteiger charge is 2.38. The average molecular weight is 341 g/mol. The fourth-order valence-electron chi connectivity index (χ4n) is 2.85. The van der Waals surface area contributed by atoms with Gasteiger partial charge >= 0.3 is 0 Å². The first kappa shape index (κ1) is 17.1. The molecule has 0 radical (unpaired) electrons. The Kier molecular flexibility index (Phi) is 5.64. The highest BCUT2D eigenvalue weighted by Crippen LogP contribution is 2.25. The lowest BCUT2D eigenvalue weighted by molar-refractivity contribution is 0.00307. The van der Waals surface area contributed by atoms with E-state index >= 15 is 0 Å². The van der Waals surface area contributed by atoms with Gasteiger partial charge in [0.2, 0.25) is 10.0 Å². The molecule has 0 aromatic rings. The molecule has 1 N–H and O–H groups in total. The Labute approximate surface area is 126 Å². The first-order chi connectivity index (χ1) is 9.85.